The van der Waals surface area contributed by atoms with E-state index in [1.54, 1.807) is 7.11 Å². The number of nitrogens with zero attached hydrogens (tertiary/aromatic N) is 4. The number of piperidine rings is 1. The van der Waals surface area contributed by atoms with E-state index in [9.17, 15) is 31.1 Å². The van der Waals surface area contributed by atoms with Gasteiger partial charge in [0.05, 0.1) is 18.3 Å². The van der Waals surface area contributed by atoms with E-state index in [0.29, 0.717) is 56.7 Å². The Kier molecular flexibility index (Phi) is 8.68. The summed E-state index contributed by atoms with van der Waals surface area (Å²) in [5, 5.41) is 3.58. The summed E-state index contributed by atoms with van der Waals surface area (Å²) in [6, 6.07) is 3.63. The highest BCUT2D eigenvalue weighted by Gasteiger charge is 2.39. The number of hydrogen-bond acceptors (Lipinski definition) is 7. The Morgan fingerprint density at radius 2 is 1.76 bits per heavy atom. The van der Waals surface area contributed by atoms with Crippen molar-refractivity contribution in [3.8, 4) is 0 Å². The van der Waals surface area contributed by atoms with E-state index in [0.717, 1.165) is 18.6 Å². The van der Waals surface area contributed by atoms with Crippen LogP contribution in [-0.2, 0) is 34.8 Å². The summed E-state index contributed by atoms with van der Waals surface area (Å²) < 4.78 is 92.5. The van der Waals surface area contributed by atoms with Gasteiger partial charge < -0.3 is 24.6 Å². The summed E-state index contributed by atoms with van der Waals surface area (Å²) in [5.74, 6) is -2.19. The number of ether oxygens (including phenoxy) is 2. The summed E-state index contributed by atoms with van der Waals surface area (Å²) in [4.78, 5) is 23.9. The van der Waals surface area contributed by atoms with Gasteiger partial charge in [-0.15, -0.1) is 0 Å². The van der Waals surface area contributed by atoms with Crippen LogP contribution in [0.2, 0.25) is 0 Å². The summed E-state index contributed by atoms with van der Waals surface area (Å²) >= 11 is 0. The van der Waals surface area contributed by atoms with Crippen molar-refractivity contribution in [2.75, 3.05) is 44.9 Å². The minimum absolute atomic E-state index is 0.0756. The van der Waals surface area contributed by atoms with Gasteiger partial charge in [-0.05, 0) is 55.9 Å². The highest BCUT2D eigenvalue weighted by atomic mass is 19.4. The Morgan fingerprint density at radius 1 is 1.02 bits per heavy atom. The molecule has 3 aliphatic rings. The number of nitrogens with one attached hydrogen (secondary N) is 1. The number of anilines is 1. The van der Waals surface area contributed by atoms with E-state index in [4.69, 9.17) is 9.47 Å². The summed E-state index contributed by atoms with van der Waals surface area (Å²) in [6.07, 6.45) is -7.24. The van der Waals surface area contributed by atoms with Crippen molar-refractivity contribution < 1.29 is 40.6 Å². The van der Waals surface area contributed by atoms with Crippen molar-refractivity contribution in [1.82, 2.24) is 20.2 Å². The zero-order valence-electron chi connectivity index (χ0n) is 23.3. The molecule has 1 N–H and O–H groups in total. The number of alkyl halides is 6. The zero-order chi connectivity index (χ0) is 30.2. The van der Waals surface area contributed by atoms with Gasteiger partial charge >= 0.3 is 12.4 Å². The molecule has 5 rings (SSSR count). The molecule has 2 aromatic rings. The van der Waals surface area contributed by atoms with E-state index in [2.05, 4.69) is 15.3 Å². The standard InChI is InChI=1S/C28H33F6N5O3/c1-16-23(25(40)38-10-6-20(7-11-38)35-21-8-12-42-15-22(21)41-2)36-26(28(32,33)34)37-24(16)39-9-5-17-3-4-19(27(29,30)31)13-18(17)14-39/h3-4,13,20-22,35H,5-12,14-15H2,1-2H3. The average Bonchev–Trinajstić information content (AvgIpc) is 2.96. The van der Waals surface area contributed by atoms with Gasteiger partial charge in [-0.25, -0.2) is 9.97 Å². The molecule has 1 aromatic heterocycles. The van der Waals surface area contributed by atoms with Gasteiger partial charge in [0, 0.05) is 57.5 Å². The van der Waals surface area contributed by atoms with Crippen LogP contribution in [-0.4, -0.2) is 78.9 Å². The first-order valence-corrected chi connectivity index (χ1v) is 13.9. The Morgan fingerprint density at radius 3 is 2.43 bits per heavy atom. The molecule has 8 nitrogen and oxygen atoms in total. The predicted molar refractivity (Wildman–Crippen MR) is 140 cm³/mol. The quantitative estimate of drug-likeness (QED) is 0.510. The Labute approximate surface area is 239 Å². The molecule has 1 amide bonds. The fourth-order valence-corrected chi connectivity index (χ4v) is 5.90. The first kappa shape index (κ1) is 30.5. The molecule has 230 valence electrons. The van der Waals surface area contributed by atoms with E-state index in [1.807, 2.05) is 0 Å². The first-order chi connectivity index (χ1) is 19.8. The number of halogens is 6. The smallest absolute Gasteiger partial charge is 0.379 e. The van der Waals surface area contributed by atoms with E-state index >= 15 is 0 Å². The fraction of sp³-hybridized carbons (Fsp3) is 0.607. The van der Waals surface area contributed by atoms with E-state index in [1.165, 1.54) is 22.8 Å². The number of methoxy groups -OCH3 is 1. The number of carbonyl (C=O) groups excluding carboxylic acids is 1. The lowest BCUT2D eigenvalue weighted by Gasteiger charge is -2.38. The molecule has 1 aromatic carbocycles. The lowest BCUT2D eigenvalue weighted by atomic mass is 9.96. The number of carbonyl (C=O) groups is 1. The van der Waals surface area contributed by atoms with Gasteiger partial charge in [0.15, 0.2) is 0 Å². The maximum Gasteiger partial charge on any atom is 0.451 e. The van der Waals surface area contributed by atoms with Crippen LogP contribution in [0.25, 0.3) is 0 Å². The summed E-state index contributed by atoms with van der Waals surface area (Å²) in [6.45, 7) is 3.41. The van der Waals surface area contributed by atoms with Crippen molar-refractivity contribution in [3.05, 3.63) is 52.0 Å². The van der Waals surface area contributed by atoms with Gasteiger partial charge in [-0.3, -0.25) is 4.79 Å². The van der Waals surface area contributed by atoms with Gasteiger partial charge in [-0.1, -0.05) is 6.07 Å². The molecule has 14 heteroatoms. The van der Waals surface area contributed by atoms with Crippen LogP contribution in [0.5, 0.6) is 0 Å². The van der Waals surface area contributed by atoms with Crippen molar-refractivity contribution in [3.63, 3.8) is 0 Å². The van der Waals surface area contributed by atoms with Crippen LogP contribution in [0, 0.1) is 6.92 Å². The number of amides is 1. The molecule has 0 spiro atoms. The molecule has 3 aliphatic heterocycles. The summed E-state index contributed by atoms with van der Waals surface area (Å²) in [7, 11) is 1.63. The Balaban J connectivity index is 1.35. The van der Waals surface area contributed by atoms with Gasteiger partial charge in [0.25, 0.3) is 5.91 Å². The monoisotopic (exact) mass is 601 g/mol. The van der Waals surface area contributed by atoms with Gasteiger partial charge in [-0.2, -0.15) is 26.3 Å². The van der Waals surface area contributed by atoms with Crippen LogP contribution < -0.4 is 10.2 Å². The fourth-order valence-electron chi connectivity index (χ4n) is 5.90. The molecule has 2 saturated heterocycles. The van der Waals surface area contributed by atoms with Crippen molar-refractivity contribution >= 4 is 11.7 Å². The predicted octanol–water partition coefficient (Wildman–Crippen LogP) is 4.38. The molecule has 4 heterocycles. The highest BCUT2D eigenvalue weighted by Crippen LogP contribution is 2.35. The zero-order valence-corrected chi connectivity index (χ0v) is 23.3. The van der Waals surface area contributed by atoms with Crippen LogP contribution in [0.3, 0.4) is 0 Å². The maximum absolute atomic E-state index is 13.9. The van der Waals surface area contributed by atoms with Crippen molar-refractivity contribution in [2.45, 2.75) is 69.7 Å². The topological polar surface area (TPSA) is 79.8 Å². The molecule has 42 heavy (non-hydrogen) atoms. The van der Waals surface area contributed by atoms with Gasteiger partial charge in [0.1, 0.15) is 11.5 Å². The molecule has 0 radical (unpaired) electrons. The lowest BCUT2D eigenvalue weighted by molar-refractivity contribution is -0.145. The molecule has 0 aliphatic carbocycles. The largest absolute Gasteiger partial charge is 0.451 e. The van der Waals surface area contributed by atoms with E-state index < -0.39 is 29.6 Å². The third-order valence-corrected chi connectivity index (χ3v) is 8.26. The van der Waals surface area contributed by atoms with Gasteiger partial charge in [0.2, 0.25) is 5.82 Å². The Hall–Kier alpha value is -2.97. The summed E-state index contributed by atoms with van der Waals surface area (Å²) in [5.41, 5.74) is 0.0192. The number of fused-ring (bicyclic) bond motifs is 1. The minimum Gasteiger partial charge on any atom is -0.379 e. The molecule has 2 atom stereocenters. The SMILES string of the molecule is COC1COCCC1NC1CCN(C(=O)c2nc(C(F)(F)F)nc(N3CCc4ccc(C(F)(F)F)cc4C3)c2C)CC1. The first-order valence-electron chi connectivity index (χ1n) is 13.9. The second-order valence-electron chi connectivity index (χ2n) is 11.0. The van der Waals surface area contributed by atoms with Crippen molar-refractivity contribution in [2.24, 2.45) is 0 Å². The molecular formula is C28H33F6N5O3. The second kappa shape index (κ2) is 12.0. The number of likely N-dealkylation sites (tertiary alicyclic amines) is 1. The van der Waals surface area contributed by atoms with Crippen LogP contribution in [0.4, 0.5) is 32.2 Å². The molecular weight excluding hydrogens is 568 g/mol. The third-order valence-electron chi connectivity index (χ3n) is 8.26. The number of benzene rings is 1. The number of aromatic nitrogens is 2. The van der Waals surface area contributed by atoms with Crippen molar-refractivity contribution in [1.29, 1.82) is 0 Å². The van der Waals surface area contributed by atoms with E-state index in [-0.39, 0.29) is 48.4 Å². The van der Waals surface area contributed by atoms with Crippen LogP contribution >= 0.6 is 0 Å². The van der Waals surface area contributed by atoms with Crippen LogP contribution in [0.1, 0.15) is 57.8 Å². The second-order valence-corrected chi connectivity index (χ2v) is 11.0. The molecule has 2 fully saturated rings. The molecule has 0 saturated carbocycles. The third kappa shape index (κ3) is 6.50. The maximum atomic E-state index is 13.9. The minimum atomic E-state index is -4.92. The van der Waals surface area contributed by atoms with Crippen LogP contribution in [0.15, 0.2) is 18.2 Å². The normalized spacial score (nSPS) is 22.3. The molecule has 0 bridgehead atoms. The number of rotatable bonds is 5. The number of hydrogen-bond donors (Lipinski definition) is 1. The Bertz CT molecular complexity index is 1300. The lowest BCUT2D eigenvalue weighted by Crippen LogP contribution is -2.54. The average molecular weight is 602 g/mol. The molecule has 2 unspecified atom stereocenters. The highest BCUT2D eigenvalue weighted by molar-refractivity contribution is 5.95.